The highest BCUT2D eigenvalue weighted by Gasteiger charge is 2.19. The Labute approximate surface area is 181 Å². The van der Waals surface area contributed by atoms with Crippen molar-refractivity contribution in [3.63, 3.8) is 0 Å². The zero-order chi connectivity index (χ0) is 22.6. The van der Waals surface area contributed by atoms with Gasteiger partial charge >= 0.3 is 5.97 Å². The van der Waals surface area contributed by atoms with Crippen molar-refractivity contribution >= 4 is 17.6 Å². The van der Waals surface area contributed by atoms with Gasteiger partial charge < -0.3 is 20.3 Å². The summed E-state index contributed by atoms with van der Waals surface area (Å²) in [6.07, 6.45) is 0.353. The van der Waals surface area contributed by atoms with E-state index in [1.165, 1.54) is 36.4 Å². The molecular formula is C25H25NO5. The lowest BCUT2D eigenvalue weighted by atomic mass is 9.92. The SMILES string of the molecule is CC(C)(C)CC(=O)Nc1ccc(C(=O)Oc2ccc(O)cc2)c(-c2ccc(O)cc2)c1. The molecule has 0 aliphatic carbocycles. The van der Waals surface area contributed by atoms with E-state index >= 15 is 0 Å². The van der Waals surface area contributed by atoms with E-state index in [-0.39, 0.29) is 22.8 Å². The molecule has 3 N–H and O–H groups in total. The number of phenols is 2. The molecule has 6 nitrogen and oxygen atoms in total. The summed E-state index contributed by atoms with van der Waals surface area (Å²) < 4.78 is 5.44. The second kappa shape index (κ2) is 8.92. The number of ether oxygens (including phenoxy) is 1. The molecule has 0 heterocycles. The van der Waals surface area contributed by atoms with Gasteiger partial charge in [-0.2, -0.15) is 0 Å². The molecule has 3 aromatic rings. The molecule has 0 spiro atoms. The van der Waals surface area contributed by atoms with Crippen LogP contribution in [0.2, 0.25) is 0 Å². The number of amides is 1. The molecule has 0 fully saturated rings. The van der Waals surface area contributed by atoms with Crippen LogP contribution in [0.1, 0.15) is 37.6 Å². The molecule has 3 rings (SSSR count). The van der Waals surface area contributed by atoms with E-state index in [0.717, 1.165) is 0 Å². The van der Waals surface area contributed by atoms with E-state index < -0.39 is 5.97 Å². The molecule has 6 heteroatoms. The van der Waals surface area contributed by atoms with Gasteiger partial charge in [-0.25, -0.2) is 4.79 Å². The maximum atomic E-state index is 12.9. The van der Waals surface area contributed by atoms with Gasteiger partial charge in [0.05, 0.1) is 5.56 Å². The van der Waals surface area contributed by atoms with Gasteiger partial charge in [0.2, 0.25) is 5.91 Å². The van der Waals surface area contributed by atoms with Gasteiger partial charge in [0, 0.05) is 12.1 Å². The minimum atomic E-state index is -0.582. The van der Waals surface area contributed by atoms with Crippen molar-refractivity contribution < 1.29 is 24.5 Å². The first kappa shape index (κ1) is 21.9. The second-order valence-corrected chi connectivity index (χ2v) is 8.48. The Morgan fingerprint density at radius 3 is 2.03 bits per heavy atom. The Morgan fingerprint density at radius 1 is 0.871 bits per heavy atom. The van der Waals surface area contributed by atoms with Crippen molar-refractivity contribution in [1.29, 1.82) is 0 Å². The number of hydrogen-bond donors (Lipinski definition) is 3. The Kier molecular flexibility index (Phi) is 6.30. The maximum absolute atomic E-state index is 12.9. The van der Waals surface area contributed by atoms with Crippen LogP contribution in [0, 0.1) is 5.41 Å². The predicted molar refractivity (Wildman–Crippen MR) is 119 cm³/mol. The molecule has 0 unspecified atom stereocenters. The largest absolute Gasteiger partial charge is 0.508 e. The van der Waals surface area contributed by atoms with Crippen LogP contribution in [0.4, 0.5) is 5.69 Å². The smallest absolute Gasteiger partial charge is 0.344 e. The van der Waals surface area contributed by atoms with Crippen molar-refractivity contribution in [2.24, 2.45) is 5.41 Å². The molecule has 0 saturated carbocycles. The minimum absolute atomic E-state index is 0.0694. The van der Waals surface area contributed by atoms with Crippen LogP contribution in [0.25, 0.3) is 11.1 Å². The highest BCUT2D eigenvalue weighted by molar-refractivity contribution is 6.00. The monoisotopic (exact) mass is 419 g/mol. The normalized spacial score (nSPS) is 11.1. The molecule has 160 valence electrons. The van der Waals surface area contributed by atoms with Crippen molar-refractivity contribution in [2.45, 2.75) is 27.2 Å². The quantitative estimate of drug-likeness (QED) is 0.382. The van der Waals surface area contributed by atoms with Gasteiger partial charge in [-0.05, 0) is 71.1 Å². The average molecular weight is 419 g/mol. The van der Waals surface area contributed by atoms with Crippen molar-refractivity contribution in [2.75, 3.05) is 5.32 Å². The van der Waals surface area contributed by atoms with Gasteiger partial charge in [-0.15, -0.1) is 0 Å². The van der Waals surface area contributed by atoms with Gasteiger partial charge in [-0.3, -0.25) is 4.79 Å². The van der Waals surface area contributed by atoms with E-state index in [1.807, 2.05) is 20.8 Å². The number of rotatable bonds is 5. The number of esters is 1. The predicted octanol–water partition coefficient (Wildman–Crippen LogP) is 5.36. The number of hydrogen-bond acceptors (Lipinski definition) is 5. The molecule has 0 atom stereocenters. The molecule has 0 saturated heterocycles. The molecule has 0 aliphatic rings. The summed E-state index contributed by atoms with van der Waals surface area (Å²) in [5.74, 6) is -0.238. The third kappa shape index (κ3) is 6.09. The average Bonchev–Trinajstić information content (AvgIpc) is 2.68. The maximum Gasteiger partial charge on any atom is 0.344 e. The standard InChI is InChI=1S/C25H25NO5/c1-25(2,3)15-23(29)26-17-6-13-21(22(14-17)16-4-7-18(27)8-5-16)24(30)31-20-11-9-19(28)10-12-20/h4-14,27-28H,15H2,1-3H3,(H,26,29). The third-order valence-corrected chi connectivity index (χ3v) is 4.44. The number of nitrogens with one attached hydrogen (secondary N) is 1. The third-order valence-electron chi connectivity index (χ3n) is 4.44. The molecule has 1 amide bonds. The zero-order valence-electron chi connectivity index (χ0n) is 17.7. The van der Waals surface area contributed by atoms with Crippen LogP contribution in [-0.4, -0.2) is 22.1 Å². The Morgan fingerprint density at radius 2 is 1.45 bits per heavy atom. The lowest BCUT2D eigenvalue weighted by Gasteiger charge is -2.18. The van der Waals surface area contributed by atoms with Crippen LogP contribution in [0.5, 0.6) is 17.2 Å². The summed E-state index contributed by atoms with van der Waals surface area (Å²) in [5.41, 5.74) is 1.93. The Bertz CT molecular complexity index is 1080. The minimum Gasteiger partial charge on any atom is -0.508 e. The number of carbonyl (C=O) groups excluding carboxylic acids is 2. The molecule has 0 radical (unpaired) electrons. The van der Waals surface area contributed by atoms with Crippen molar-refractivity contribution in [3.8, 4) is 28.4 Å². The zero-order valence-corrected chi connectivity index (χ0v) is 17.7. The van der Waals surface area contributed by atoms with Gasteiger partial charge in [-0.1, -0.05) is 32.9 Å². The second-order valence-electron chi connectivity index (χ2n) is 8.48. The molecule has 3 aromatic carbocycles. The van der Waals surface area contributed by atoms with Gasteiger partial charge in [0.1, 0.15) is 17.2 Å². The van der Waals surface area contributed by atoms with Crippen LogP contribution in [-0.2, 0) is 4.79 Å². The summed E-state index contributed by atoms with van der Waals surface area (Å²) in [6, 6.07) is 17.2. The van der Waals surface area contributed by atoms with E-state index in [4.69, 9.17) is 4.74 Å². The lowest BCUT2D eigenvalue weighted by molar-refractivity contribution is -0.117. The summed E-state index contributed by atoms with van der Waals surface area (Å²) in [4.78, 5) is 25.2. The summed E-state index contributed by atoms with van der Waals surface area (Å²) >= 11 is 0. The summed E-state index contributed by atoms with van der Waals surface area (Å²) in [7, 11) is 0. The molecule has 0 aromatic heterocycles. The van der Waals surface area contributed by atoms with Crippen molar-refractivity contribution in [1.82, 2.24) is 0 Å². The van der Waals surface area contributed by atoms with Crippen LogP contribution < -0.4 is 10.1 Å². The van der Waals surface area contributed by atoms with Gasteiger partial charge in [0.25, 0.3) is 0 Å². The van der Waals surface area contributed by atoms with Crippen LogP contribution >= 0.6 is 0 Å². The van der Waals surface area contributed by atoms with Crippen LogP contribution in [0.15, 0.2) is 66.7 Å². The highest BCUT2D eigenvalue weighted by atomic mass is 16.5. The Hall–Kier alpha value is -3.80. The van der Waals surface area contributed by atoms with Crippen LogP contribution in [0.3, 0.4) is 0 Å². The topological polar surface area (TPSA) is 95.9 Å². The first-order chi connectivity index (χ1) is 14.6. The van der Waals surface area contributed by atoms with E-state index in [1.54, 1.807) is 30.3 Å². The number of aromatic hydroxyl groups is 2. The van der Waals surface area contributed by atoms with Gasteiger partial charge in [0.15, 0.2) is 0 Å². The number of anilines is 1. The lowest BCUT2D eigenvalue weighted by Crippen LogP contribution is -2.20. The number of benzene rings is 3. The molecular weight excluding hydrogens is 394 g/mol. The fourth-order valence-corrected chi connectivity index (χ4v) is 3.04. The number of phenolic OH excluding ortho intramolecular Hbond substituents is 2. The number of carbonyl (C=O) groups is 2. The fourth-order valence-electron chi connectivity index (χ4n) is 3.04. The first-order valence-corrected chi connectivity index (χ1v) is 9.85. The Balaban J connectivity index is 1.93. The summed E-state index contributed by atoms with van der Waals surface area (Å²) in [5, 5.41) is 21.9. The highest BCUT2D eigenvalue weighted by Crippen LogP contribution is 2.30. The summed E-state index contributed by atoms with van der Waals surface area (Å²) in [6.45, 7) is 5.95. The van der Waals surface area contributed by atoms with E-state index in [9.17, 15) is 19.8 Å². The molecule has 31 heavy (non-hydrogen) atoms. The fraction of sp³-hybridized carbons (Fsp3) is 0.200. The first-order valence-electron chi connectivity index (χ1n) is 9.85. The molecule has 0 bridgehead atoms. The van der Waals surface area contributed by atoms with E-state index in [0.29, 0.717) is 34.5 Å². The van der Waals surface area contributed by atoms with Crippen molar-refractivity contribution in [3.05, 3.63) is 72.3 Å². The molecule has 0 aliphatic heterocycles. The van der Waals surface area contributed by atoms with E-state index in [2.05, 4.69) is 5.32 Å².